The standard InChI is InChI=1S/C14H22N2/c1-16(8-7-12-5-6-12)11-14-4-2-3-13(9-14)10-15/h2-4,9,12H,5-8,10-11,15H2,1H3. The van der Waals surface area contributed by atoms with Crippen molar-refractivity contribution in [3.63, 3.8) is 0 Å². The molecular weight excluding hydrogens is 196 g/mol. The van der Waals surface area contributed by atoms with Crippen LogP contribution >= 0.6 is 0 Å². The van der Waals surface area contributed by atoms with Crippen molar-refractivity contribution in [3.05, 3.63) is 35.4 Å². The zero-order valence-corrected chi connectivity index (χ0v) is 10.2. The highest BCUT2D eigenvalue weighted by Crippen LogP contribution is 2.32. The fourth-order valence-corrected chi connectivity index (χ4v) is 2.06. The first-order valence-electron chi connectivity index (χ1n) is 6.24. The zero-order valence-electron chi connectivity index (χ0n) is 10.2. The Hall–Kier alpha value is -0.860. The highest BCUT2D eigenvalue weighted by Gasteiger charge is 2.20. The Morgan fingerprint density at radius 3 is 2.75 bits per heavy atom. The molecule has 0 saturated heterocycles. The summed E-state index contributed by atoms with van der Waals surface area (Å²) in [7, 11) is 2.21. The van der Waals surface area contributed by atoms with Crippen LogP contribution in [0.2, 0.25) is 0 Å². The van der Waals surface area contributed by atoms with Gasteiger partial charge in [0, 0.05) is 13.1 Å². The Bertz CT molecular complexity index is 331. The van der Waals surface area contributed by atoms with Crippen molar-refractivity contribution in [1.29, 1.82) is 0 Å². The molecule has 2 rings (SSSR count). The van der Waals surface area contributed by atoms with E-state index in [0.29, 0.717) is 6.54 Å². The summed E-state index contributed by atoms with van der Waals surface area (Å²) >= 11 is 0. The fraction of sp³-hybridized carbons (Fsp3) is 0.571. The fourth-order valence-electron chi connectivity index (χ4n) is 2.06. The van der Waals surface area contributed by atoms with Crippen molar-refractivity contribution < 1.29 is 0 Å². The van der Waals surface area contributed by atoms with Gasteiger partial charge in [0.1, 0.15) is 0 Å². The molecular formula is C14H22N2. The van der Waals surface area contributed by atoms with Crippen molar-refractivity contribution >= 4 is 0 Å². The van der Waals surface area contributed by atoms with Crippen molar-refractivity contribution in [3.8, 4) is 0 Å². The Morgan fingerprint density at radius 1 is 1.31 bits per heavy atom. The number of nitrogens with two attached hydrogens (primary N) is 1. The second-order valence-corrected chi connectivity index (χ2v) is 4.99. The third kappa shape index (κ3) is 3.62. The van der Waals surface area contributed by atoms with Crippen LogP contribution < -0.4 is 5.73 Å². The summed E-state index contributed by atoms with van der Waals surface area (Å²) in [6.45, 7) is 2.90. The van der Waals surface area contributed by atoms with Crippen LogP contribution in [0, 0.1) is 5.92 Å². The van der Waals surface area contributed by atoms with Crippen LogP contribution in [-0.4, -0.2) is 18.5 Å². The highest BCUT2D eigenvalue weighted by atomic mass is 15.1. The monoisotopic (exact) mass is 218 g/mol. The Morgan fingerprint density at radius 2 is 2.06 bits per heavy atom. The first-order chi connectivity index (χ1) is 7.78. The smallest absolute Gasteiger partial charge is 0.0230 e. The molecule has 0 radical (unpaired) electrons. The number of rotatable bonds is 6. The molecule has 0 amide bonds. The molecule has 1 fully saturated rings. The van der Waals surface area contributed by atoms with Crippen LogP contribution in [0.5, 0.6) is 0 Å². The van der Waals surface area contributed by atoms with E-state index in [1.54, 1.807) is 0 Å². The number of hydrogen-bond acceptors (Lipinski definition) is 2. The minimum absolute atomic E-state index is 0.639. The summed E-state index contributed by atoms with van der Waals surface area (Å²) in [5, 5.41) is 0. The lowest BCUT2D eigenvalue weighted by Gasteiger charge is -2.16. The molecule has 88 valence electrons. The quantitative estimate of drug-likeness (QED) is 0.794. The molecule has 2 nitrogen and oxygen atoms in total. The zero-order chi connectivity index (χ0) is 11.4. The lowest BCUT2D eigenvalue weighted by atomic mass is 10.1. The van der Waals surface area contributed by atoms with Gasteiger partial charge >= 0.3 is 0 Å². The van der Waals surface area contributed by atoms with Gasteiger partial charge in [0.2, 0.25) is 0 Å². The van der Waals surface area contributed by atoms with E-state index < -0.39 is 0 Å². The SMILES string of the molecule is CN(CCC1CC1)Cc1cccc(CN)c1. The Balaban J connectivity index is 1.81. The molecule has 2 N–H and O–H groups in total. The van der Waals surface area contributed by atoms with Gasteiger partial charge in [-0.15, -0.1) is 0 Å². The molecule has 16 heavy (non-hydrogen) atoms. The van der Waals surface area contributed by atoms with E-state index in [9.17, 15) is 0 Å². The van der Waals surface area contributed by atoms with Crippen LogP contribution in [0.25, 0.3) is 0 Å². The third-order valence-corrected chi connectivity index (χ3v) is 3.30. The minimum atomic E-state index is 0.639. The van der Waals surface area contributed by atoms with E-state index in [1.165, 1.54) is 36.9 Å². The predicted molar refractivity (Wildman–Crippen MR) is 68.0 cm³/mol. The van der Waals surface area contributed by atoms with E-state index in [2.05, 4.69) is 36.2 Å². The summed E-state index contributed by atoms with van der Waals surface area (Å²) in [4.78, 5) is 2.41. The van der Waals surface area contributed by atoms with Crippen molar-refractivity contribution in [2.24, 2.45) is 11.7 Å². The van der Waals surface area contributed by atoms with Crippen LogP contribution in [0.3, 0.4) is 0 Å². The normalized spacial score (nSPS) is 15.7. The molecule has 2 heteroatoms. The summed E-state index contributed by atoms with van der Waals surface area (Å²) in [6, 6.07) is 8.60. The molecule has 0 unspecified atom stereocenters. The van der Waals surface area contributed by atoms with Crippen molar-refractivity contribution in [1.82, 2.24) is 4.90 Å². The second-order valence-electron chi connectivity index (χ2n) is 4.99. The Kier molecular flexibility index (Phi) is 3.97. The highest BCUT2D eigenvalue weighted by molar-refractivity contribution is 5.23. The first kappa shape index (κ1) is 11.6. The molecule has 0 spiro atoms. The summed E-state index contributed by atoms with van der Waals surface area (Å²) in [5.74, 6) is 1.03. The molecule has 1 aromatic carbocycles. The summed E-state index contributed by atoms with van der Waals surface area (Å²) in [6.07, 6.45) is 4.28. The van der Waals surface area contributed by atoms with Crippen LogP contribution in [0.1, 0.15) is 30.4 Å². The second kappa shape index (κ2) is 5.46. The maximum absolute atomic E-state index is 5.64. The maximum Gasteiger partial charge on any atom is 0.0230 e. The topological polar surface area (TPSA) is 29.3 Å². The maximum atomic E-state index is 5.64. The van der Waals surface area contributed by atoms with Gasteiger partial charge in [-0.1, -0.05) is 37.1 Å². The van der Waals surface area contributed by atoms with Gasteiger partial charge in [0.05, 0.1) is 0 Å². The van der Waals surface area contributed by atoms with E-state index >= 15 is 0 Å². The molecule has 0 atom stereocenters. The average molecular weight is 218 g/mol. The lowest BCUT2D eigenvalue weighted by molar-refractivity contribution is 0.315. The van der Waals surface area contributed by atoms with Crippen LogP contribution in [-0.2, 0) is 13.1 Å². The molecule has 0 heterocycles. The summed E-state index contributed by atoms with van der Waals surface area (Å²) in [5.41, 5.74) is 8.25. The van der Waals surface area contributed by atoms with Gasteiger partial charge < -0.3 is 10.6 Å². The van der Waals surface area contributed by atoms with Gasteiger partial charge in [-0.2, -0.15) is 0 Å². The van der Waals surface area contributed by atoms with E-state index in [-0.39, 0.29) is 0 Å². The van der Waals surface area contributed by atoms with E-state index in [0.717, 1.165) is 12.5 Å². The number of benzene rings is 1. The molecule has 1 saturated carbocycles. The van der Waals surface area contributed by atoms with Gasteiger partial charge in [-0.05, 0) is 37.1 Å². The molecule has 0 aromatic heterocycles. The largest absolute Gasteiger partial charge is 0.326 e. The number of hydrogen-bond donors (Lipinski definition) is 1. The van der Waals surface area contributed by atoms with E-state index in [4.69, 9.17) is 5.73 Å². The van der Waals surface area contributed by atoms with Gasteiger partial charge in [0.25, 0.3) is 0 Å². The average Bonchev–Trinajstić information content (AvgIpc) is 3.10. The molecule has 0 aliphatic heterocycles. The third-order valence-electron chi connectivity index (χ3n) is 3.30. The predicted octanol–water partition coefficient (Wildman–Crippen LogP) is 2.38. The van der Waals surface area contributed by atoms with Crippen molar-refractivity contribution in [2.75, 3.05) is 13.6 Å². The van der Waals surface area contributed by atoms with Crippen LogP contribution in [0.15, 0.2) is 24.3 Å². The number of nitrogens with zero attached hydrogens (tertiary/aromatic N) is 1. The van der Waals surface area contributed by atoms with Gasteiger partial charge in [0.15, 0.2) is 0 Å². The summed E-state index contributed by atoms with van der Waals surface area (Å²) < 4.78 is 0. The van der Waals surface area contributed by atoms with E-state index in [1.807, 2.05) is 0 Å². The minimum Gasteiger partial charge on any atom is -0.326 e. The molecule has 1 aliphatic rings. The first-order valence-corrected chi connectivity index (χ1v) is 6.24. The van der Waals surface area contributed by atoms with Crippen LogP contribution in [0.4, 0.5) is 0 Å². The molecule has 1 aliphatic carbocycles. The van der Waals surface area contributed by atoms with Crippen molar-refractivity contribution in [2.45, 2.75) is 32.4 Å². The lowest BCUT2D eigenvalue weighted by Crippen LogP contribution is -2.19. The Labute approximate surface area is 98.4 Å². The van der Waals surface area contributed by atoms with Gasteiger partial charge in [-0.3, -0.25) is 0 Å². The van der Waals surface area contributed by atoms with Gasteiger partial charge in [-0.25, -0.2) is 0 Å². The molecule has 1 aromatic rings. The molecule has 0 bridgehead atoms.